The summed E-state index contributed by atoms with van der Waals surface area (Å²) < 4.78 is 12.4. The molecule has 6 heteroatoms. The molecule has 5 rings (SSSR count). The van der Waals surface area contributed by atoms with E-state index < -0.39 is 28.2 Å². The van der Waals surface area contributed by atoms with Crippen molar-refractivity contribution in [2.24, 2.45) is 40.4 Å². The average Bonchev–Trinajstić information content (AvgIpc) is 3.20. The molecule has 246 valence electrons. The van der Waals surface area contributed by atoms with Gasteiger partial charge in [0.1, 0.15) is 17.4 Å². The maximum Gasteiger partial charge on any atom is 0.346 e. The van der Waals surface area contributed by atoms with Gasteiger partial charge < -0.3 is 14.6 Å². The van der Waals surface area contributed by atoms with Crippen LogP contribution in [0.5, 0.6) is 0 Å². The highest BCUT2D eigenvalue weighted by atomic mass is 16.6. The van der Waals surface area contributed by atoms with Crippen LogP contribution >= 0.6 is 0 Å². The van der Waals surface area contributed by atoms with Crippen LogP contribution in [0.2, 0.25) is 0 Å². The third-order valence-corrected chi connectivity index (χ3v) is 12.2. The summed E-state index contributed by atoms with van der Waals surface area (Å²) in [5.41, 5.74) is 1.00. The molecule has 0 aromatic heterocycles. The van der Waals surface area contributed by atoms with Gasteiger partial charge in [0.25, 0.3) is 0 Å². The van der Waals surface area contributed by atoms with Crippen LogP contribution in [0, 0.1) is 40.4 Å². The van der Waals surface area contributed by atoms with Gasteiger partial charge in [-0.15, -0.1) is 0 Å². The van der Waals surface area contributed by atoms with Crippen LogP contribution in [0.25, 0.3) is 0 Å². The Balaban J connectivity index is 1.74. The fourth-order valence-corrected chi connectivity index (χ4v) is 9.93. The molecule has 0 unspecified atom stereocenters. The predicted octanol–water partition coefficient (Wildman–Crippen LogP) is 8.69. The number of carbonyl (C=O) groups is 3. The van der Waals surface area contributed by atoms with Crippen molar-refractivity contribution in [3.05, 3.63) is 57.9 Å². The highest BCUT2D eigenvalue weighted by Crippen LogP contribution is 2.62. The molecule has 5 aliphatic rings. The summed E-state index contributed by atoms with van der Waals surface area (Å²) in [7, 11) is 0. The summed E-state index contributed by atoms with van der Waals surface area (Å²) in [5, 5.41) is 12.6. The lowest BCUT2D eigenvalue weighted by Crippen LogP contribution is -2.54. The fraction of sp³-hybridized carbons (Fsp3) is 0.667. The number of esters is 2. The number of Topliss-reactive ketones (excluding diaryl/α,β-unsaturated/α-hetero) is 1. The molecule has 0 amide bonds. The monoisotopic (exact) mass is 618 g/mol. The largest absolute Gasteiger partial charge is 0.511 e. The zero-order valence-corrected chi connectivity index (χ0v) is 28.9. The first kappa shape index (κ1) is 33.5. The van der Waals surface area contributed by atoms with Crippen molar-refractivity contribution in [3.63, 3.8) is 0 Å². The molecule has 2 fully saturated rings. The van der Waals surface area contributed by atoms with Crippen LogP contribution < -0.4 is 0 Å². The van der Waals surface area contributed by atoms with Crippen molar-refractivity contribution in [1.29, 1.82) is 0 Å². The van der Waals surface area contributed by atoms with Gasteiger partial charge in [-0.25, -0.2) is 4.79 Å². The van der Waals surface area contributed by atoms with Crippen LogP contribution in [0.4, 0.5) is 0 Å². The zero-order chi connectivity index (χ0) is 33.1. The number of ether oxygens (including phenoxy) is 2. The molecule has 45 heavy (non-hydrogen) atoms. The van der Waals surface area contributed by atoms with Gasteiger partial charge >= 0.3 is 11.9 Å². The maximum atomic E-state index is 14.9. The lowest BCUT2D eigenvalue weighted by atomic mass is 9.49. The lowest BCUT2D eigenvalue weighted by molar-refractivity contribution is -0.162. The Labute approximate surface area is 270 Å². The van der Waals surface area contributed by atoms with Gasteiger partial charge in [0.2, 0.25) is 5.78 Å². The minimum Gasteiger partial charge on any atom is -0.511 e. The molecule has 4 aliphatic carbocycles. The van der Waals surface area contributed by atoms with Gasteiger partial charge in [0.05, 0.1) is 5.41 Å². The third kappa shape index (κ3) is 5.28. The Bertz CT molecular complexity index is 1420. The first-order valence-corrected chi connectivity index (χ1v) is 17.2. The van der Waals surface area contributed by atoms with Crippen LogP contribution in [0.3, 0.4) is 0 Å². The van der Waals surface area contributed by atoms with Crippen LogP contribution in [0.15, 0.2) is 57.9 Å². The number of hydrogen-bond donors (Lipinski definition) is 1. The summed E-state index contributed by atoms with van der Waals surface area (Å²) in [6.07, 6.45) is 14.1. The van der Waals surface area contributed by atoms with Crippen molar-refractivity contribution >= 4 is 17.7 Å². The summed E-state index contributed by atoms with van der Waals surface area (Å²) >= 11 is 0. The number of allylic oxidation sites excluding steroid dienone is 6. The van der Waals surface area contributed by atoms with E-state index in [1.54, 1.807) is 0 Å². The molecule has 1 aliphatic heterocycles. The minimum absolute atomic E-state index is 0.0405. The Morgan fingerprint density at radius 1 is 1.04 bits per heavy atom. The SMILES string of the molecule is CCCCC(=O)O[C@H]1CC[C@H](C)[C@@H]2[C@@H]1C=C(C)[C@H]1/C(C)=C/CC/C(C)=C/[C@]3(C)C=C(C)[C@H](C)C[C@]34OC(=O)C(=C(O)[C@@]21C)C4=O. The standard InChI is InChI=1S/C39H54O6/c1-10-11-15-30(40)44-29-17-16-24(4)33-28(29)18-25(5)32-23(3)14-12-13-22(2)19-37(8)20-26(6)27(7)21-39(37)35(42)31(36(43)45-39)34(41)38(32,33)9/h14,18-20,24,27-29,32-33,41H,10-13,15-17,21H2,1-9H3/b22-19+,23-14+,34-31?/t24-,27+,28+,29-,32+,33+,37+,38+,39+/m0/s1. The van der Waals surface area contributed by atoms with Gasteiger partial charge in [-0.2, -0.15) is 0 Å². The number of fused-ring (bicyclic) bond motifs is 4. The van der Waals surface area contributed by atoms with E-state index in [-0.39, 0.29) is 53.0 Å². The van der Waals surface area contributed by atoms with Gasteiger partial charge in [-0.1, -0.05) is 80.7 Å². The zero-order valence-electron chi connectivity index (χ0n) is 28.9. The minimum atomic E-state index is -1.43. The Morgan fingerprint density at radius 2 is 1.76 bits per heavy atom. The molecule has 0 aromatic rings. The van der Waals surface area contributed by atoms with E-state index in [2.05, 4.69) is 72.8 Å². The van der Waals surface area contributed by atoms with Gasteiger partial charge in [-0.3, -0.25) is 9.59 Å². The molecule has 6 nitrogen and oxygen atoms in total. The van der Waals surface area contributed by atoms with E-state index in [0.29, 0.717) is 12.8 Å². The van der Waals surface area contributed by atoms with Gasteiger partial charge in [0, 0.05) is 30.1 Å². The van der Waals surface area contributed by atoms with Crippen molar-refractivity contribution < 1.29 is 29.0 Å². The van der Waals surface area contributed by atoms with Crippen molar-refractivity contribution in [2.45, 2.75) is 125 Å². The van der Waals surface area contributed by atoms with E-state index in [0.717, 1.165) is 60.8 Å². The number of hydrogen-bond acceptors (Lipinski definition) is 6. The van der Waals surface area contributed by atoms with Gasteiger partial charge in [0.15, 0.2) is 5.60 Å². The van der Waals surface area contributed by atoms with E-state index >= 15 is 0 Å². The molecular weight excluding hydrogens is 564 g/mol. The second-order valence-corrected chi connectivity index (χ2v) is 15.4. The second-order valence-electron chi connectivity index (χ2n) is 15.4. The number of unbranched alkanes of at least 4 members (excludes halogenated alkanes) is 1. The molecule has 0 aromatic carbocycles. The number of ketones is 1. The quantitative estimate of drug-likeness (QED) is 0.193. The van der Waals surface area contributed by atoms with E-state index in [4.69, 9.17) is 9.47 Å². The molecule has 1 heterocycles. The second kappa shape index (κ2) is 12.0. The average molecular weight is 619 g/mol. The number of carbonyl (C=O) groups excluding carboxylic acids is 3. The fourth-order valence-electron chi connectivity index (χ4n) is 9.93. The van der Waals surface area contributed by atoms with Crippen LogP contribution in [-0.2, 0) is 23.9 Å². The maximum absolute atomic E-state index is 14.9. The van der Waals surface area contributed by atoms with Crippen molar-refractivity contribution in [3.8, 4) is 0 Å². The molecule has 9 atom stereocenters. The molecule has 0 radical (unpaired) electrons. The van der Waals surface area contributed by atoms with E-state index in [1.165, 1.54) is 0 Å². The molecule has 2 bridgehead atoms. The number of rotatable bonds is 4. The van der Waals surface area contributed by atoms with Crippen LogP contribution in [-0.4, -0.2) is 34.5 Å². The summed E-state index contributed by atoms with van der Waals surface area (Å²) in [4.78, 5) is 41.8. The molecular formula is C39H54O6. The molecule has 1 spiro atoms. The normalized spacial score (nSPS) is 42.5. The highest BCUT2D eigenvalue weighted by molar-refractivity contribution is 6.26. The smallest absolute Gasteiger partial charge is 0.346 e. The molecule has 1 N–H and O–H groups in total. The highest BCUT2D eigenvalue weighted by Gasteiger charge is 2.66. The summed E-state index contributed by atoms with van der Waals surface area (Å²) in [6, 6.07) is 0. The summed E-state index contributed by atoms with van der Waals surface area (Å²) in [6.45, 7) is 18.7. The molecule has 1 saturated heterocycles. The Hall–Kier alpha value is -2.89. The topological polar surface area (TPSA) is 89.9 Å². The first-order valence-electron chi connectivity index (χ1n) is 17.2. The first-order chi connectivity index (χ1) is 21.1. The molecule has 1 saturated carbocycles. The van der Waals surface area contributed by atoms with Crippen LogP contribution in [0.1, 0.15) is 114 Å². The van der Waals surface area contributed by atoms with E-state index in [1.807, 2.05) is 13.8 Å². The Kier molecular flexibility index (Phi) is 8.96. The Morgan fingerprint density at radius 3 is 2.44 bits per heavy atom. The van der Waals surface area contributed by atoms with Gasteiger partial charge in [-0.05, 0) is 84.5 Å². The number of aliphatic hydroxyl groups excluding tert-OH is 1. The summed E-state index contributed by atoms with van der Waals surface area (Å²) in [5.74, 6) is -1.85. The van der Waals surface area contributed by atoms with Crippen molar-refractivity contribution in [1.82, 2.24) is 0 Å². The lowest BCUT2D eigenvalue weighted by Gasteiger charge is -2.56. The third-order valence-electron chi connectivity index (χ3n) is 12.2. The van der Waals surface area contributed by atoms with E-state index in [9.17, 15) is 19.5 Å². The van der Waals surface area contributed by atoms with Crippen molar-refractivity contribution in [2.75, 3.05) is 0 Å². The predicted molar refractivity (Wildman–Crippen MR) is 176 cm³/mol. The number of aliphatic hydroxyl groups is 1.